The Kier molecular flexibility index (Phi) is 4.55. The first-order chi connectivity index (χ1) is 12.1. The summed E-state index contributed by atoms with van der Waals surface area (Å²) >= 11 is 0. The fourth-order valence-corrected chi connectivity index (χ4v) is 3.21. The zero-order valence-electron chi connectivity index (χ0n) is 14.9. The van der Waals surface area contributed by atoms with E-state index in [4.69, 9.17) is 4.74 Å². The predicted octanol–water partition coefficient (Wildman–Crippen LogP) is 2.12. The van der Waals surface area contributed by atoms with Crippen LogP contribution in [0.4, 0.5) is 13.2 Å². The van der Waals surface area contributed by atoms with Crippen molar-refractivity contribution >= 4 is 5.91 Å². The lowest BCUT2D eigenvalue weighted by Gasteiger charge is -2.24. The first-order valence-corrected chi connectivity index (χ1v) is 8.17. The third-order valence-corrected chi connectivity index (χ3v) is 4.40. The van der Waals surface area contributed by atoms with Crippen molar-refractivity contribution in [2.24, 2.45) is 14.1 Å². The molecule has 1 aliphatic rings. The van der Waals surface area contributed by atoms with E-state index in [2.05, 4.69) is 15.5 Å². The van der Waals surface area contributed by atoms with Gasteiger partial charge in [0, 0.05) is 26.1 Å². The summed E-state index contributed by atoms with van der Waals surface area (Å²) in [5, 5.41) is 10.5. The second-order valence-electron chi connectivity index (χ2n) is 6.45. The standard InChI is InChI=1S/C16H20F3N5O2/c1-8-5-11-13(9(2)26-8)22-24(4)14(11)15(25)20-7-10-6-12(16(17,18)19)21-23(10)3/h6,8-9H,5,7H2,1-4H3,(H,20,25)/t8-,9+/m1/s1. The SMILES string of the molecule is C[C@@H]1Cc2c(nn(C)c2C(=O)NCc2cc(C(F)(F)F)nn2C)[C@H](C)O1. The molecule has 1 aliphatic heterocycles. The molecule has 0 unspecified atom stereocenters. The highest BCUT2D eigenvalue weighted by atomic mass is 19.4. The molecule has 10 heteroatoms. The Morgan fingerprint density at radius 3 is 2.62 bits per heavy atom. The van der Waals surface area contributed by atoms with Crippen LogP contribution >= 0.6 is 0 Å². The molecular weight excluding hydrogens is 351 g/mol. The predicted molar refractivity (Wildman–Crippen MR) is 85.3 cm³/mol. The quantitative estimate of drug-likeness (QED) is 0.897. The maximum Gasteiger partial charge on any atom is 0.435 e. The number of rotatable bonds is 3. The molecule has 1 N–H and O–H groups in total. The van der Waals surface area contributed by atoms with Crippen molar-refractivity contribution in [3.63, 3.8) is 0 Å². The van der Waals surface area contributed by atoms with Crippen LogP contribution in [0.25, 0.3) is 0 Å². The summed E-state index contributed by atoms with van der Waals surface area (Å²) in [4.78, 5) is 12.6. The van der Waals surface area contributed by atoms with Gasteiger partial charge in [0.05, 0.1) is 30.1 Å². The number of hydrogen-bond acceptors (Lipinski definition) is 4. The van der Waals surface area contributed by atoms with E-state index in [9.17, 15) is 18.0 Å². The van der Waals surface area contributed by atoms with Gasteiger partial charge in [0.1, 0.15) is 5.69 Å². The summed E-state index contributed by atoms with van der Waals surface area (Å²) in [7, 11) is 3.07. The first kappa shape index (κ1) is 18.4. The minimum absolute atomic E-state index is 0.0420. The molecule has 0 aromatic carbocycles. The molecule has 2 atom stereocenters. The number of ether oxygens (including phenoxy) is 1. The van der Waals surface area contributed by atoms with E-state index in [1.165, 1.54) is 11.7 Å². The van der Waals surface area contributed by atoms with E-state index >= 15 is 0 Å². The van der Waals surface area contributed by atoms with Crippen molar-refractivity contribution in [1.82, 2.24) is 24.9 Å². The van der Waals surface area contributed by atoms with E-state index < -0.39 is 17.8 Å². The molecule has 1 amide bonds. The number of aryl methyl sites for hydroxylation is 2. The van der Waals surface area contributed by atoms with Crippen molar-refractivity contribution in [1.29, 1.82) is 0 Å². The molecule has 0 radical (unpaired) electrons. The van der Waals surface area contributed by atoms with Crippen molar-refractivity contribution < 1.29 is 22.7 Å². The van der Waals surface area contributed by atoms with Crippen molar-refractivity contribution in [3.8, 4) is 0 Å². The first-order valence-electron chi connectivity index (χ1n) is 8.17. The lowest BCUT2D eigenvalue weighted by molar-refractivity contribution is -0.141. The van der Waals surface area contributed by atoms with E-state index in [0.717, 1.165) is 22.0 Å². The Morgan fingerprint density at radius 2 is 2.00 bits per heavy atom. The number of aromatic nitrogens is 4. The highest BCUT2D eigenvalue weighted by Gasteiger charge is 2.35. The van der Waals surface area contributed by atoms with Crippen LogP contribution in [0.15, 0.2) is 6.07 Å². The number of fused-ring (bicyclic) bond motifs is 1. The molecule has 0 fully saturated rings. The number of amides is 1. The molecule has 3 heterocycles. The average Bonchev–Trinajstić information content (AvgIpc) is 3.05. The highest BCUT2D eigenvalue weighted by Crippen LogP contribution is 2.31. The molecule has 26 heavy (non-hydrogen) atoms. The van der Waals surface area contributed by atoms with Crippen molar-refractivity contribution in [2.45, 2.75) is 45.2 Å². The van der Waals surface area contributed by atoms with Gasteiger partial charge in [0.2, 0.25) is 0 Å². The van der Waals surface area contributed by atoms with Gasteiger partial charge in [-0.05, 0) is 19.9 Å². The van der Waals surface area contributed by atoms with Gasteiger partial charge in [-0.25, -0.2) is 0 Å². The molecule has 2 aromatic rings. The lowest BCUT2D eigenvalue weighted by atomic mass is 9.99. The number of carbonyl (C=O) groups is 1. The third-order valence-electron chi connectivity index (χ3n) is 4.40. The molecule has 2 aromatic heterocycles. The summed E-state index contributed by atoms with van der Waals surface area (Å²) in [6.07, 6.45) is -4.22. The maximum absolute atomic E-state index is 12.7. The van der Waals surface area contributed by atoms with Crippen molar-refractivity contribution in [3.05, 3.63) is 34.4 Å². The molecule has 0 saturated heterocycles. The normalized spacial score (nSPS) is 20.1. The second-order valence-corrected chi connectivity index (χ2v) is 6.45. The summed E-state index contributed by atoms with van der Waals surface area (Å²) in [5.74, 6) is -0.391. The van der Waals surface area contributed by atoms with E-state index in [1.54, 1.807) is 7.05 Å². The molecular formula is C16H20F3N5O2. The van der Waals surface area contributed by atoms with E-state index in [0.29, 0.717) is 12.1 Å². The fourth-order valence-electron chi connectivity index (χ4n) is 3.21. The Balaban J connectivity index is 1.79. The fraction of sp³-hybridized carbons (Fsp3) is 0.562. The second kappa shape index (κ2) is 6.42. The zero-order valence-corrected chi connectivity index (χ0v) is 14.9. The minimum atomic E-state index is -4.52. The van der Waals surface area contributed by atoms with Crippen LogP contribution < -0.4 is 5.32 Å². The molecule has 0 bridgehead atoms. The van der Waals surface area contributed by atoms with Crippen LogP contribution in [0.5, 0.6) is 0 Å². The van der Waals surface area contributed by atoms with E-state index in [-0.39, 0.29) is 24.4 Å². The lowest BCUT2D eigenvalue weighted by Crippen LogP contribution is -2.29. The highest BCUT2D eigenvalue weighted by molar-refractivity contribution is 5.94. The Hall–Kier alpha value is -2.36. The number of halogens is 3. The van der Waals surface area contributed by atoms with Gasteiger partial charge in [-0.15, -0.1) is 0 Å². The summed E-state index contributed by atoms with van der Waals surface area (Å²) in [6.45, 7) is 3.72. The Morgan fingerprint density at radius 1 is 1.31 bits per heavy atom. The van der Waals surface area contributed by atoms with Crippen LogP contribution in [-0.2, 0) is 38.0 Å². The Labute approximate surface area is 148 Å². The molecule has 7 nitrogen and oxygen atoms in total. The zero-order chi connectivity index (χ0) is 19.2. The minimum Gasteiger partial charge on any atom is -0.369 e. The Bertz CT molecular complexity index is 840. The topological polar surface area (TPSA) is 74.0 Å². The van der Waals surface area contributed by atoms with Crippen LogP contribution in [0.2, 0.25) is 0 Å². The number of alkyl halides is 3. The number of carbonyl (C=O) groups excluding carboxylic acids is 1. The van der Waals surface area contributed by atoms with Gasteiger partial charge in [0.15, 0.2) is 5.69 Å². The van der Waals surface area contributed by atoms with E-state index in [1.807, 2.05) is 13.8 Å². The van der Waals surface area contributed by atoms with Crippen LogP contribution in [0, 0.1) is 0 Å². The van der Waals surface area contributed by atoms with Gasteiger partial charge in [-0.3, -0.25) is 14.2 Å². The smallest absolute Gasteiger partial charge is 0.369 e. The largest absolute Gasteiger partial charge is 0.435 e. The molecule has 0 aliphatic carbocycles. The molecule has 142 valence electrons. The van der Waals surface area contributed by atoms with Crippen molar-refractivity contribution in [2.75, 3.05) is 0 Å². The average molecular weight is 371 g/mol. The number of hydrogen-bond donors (Lipinski definition) is 1. The molecule has 3 rings (SSSR count). The summed E-state index contributed by atoms with van der Waals surface area (Å²) in [5.41, 5.74) is 1.21. The van der Waals surface area contributed by atoms with Crippen LogP contribution in [0.1, 0.15) is 53.1 Å². The summed E-state index contributed by atoms with van der Waals surface area (Å²) < 4.78 is 46.5. The maximum atomic E-state index is 12.7. The van der Waals surface area contributed by atoms with Gasteiger partial charge in [-0.1, -0.05) is 0 Å². The van der Waals surface area contributed by atoms with Crippen LogP contribution in [0.3, 0.4) is 0 Å². The number of nitrogens with zero attached hydrogens (tertiary/aromatic N) is 4. The van der Waals surface area contributed by atoms with Crippen LogP contribution in [-0.4, -0.2) is 31.6 Å². The van der Waals surface area contributed by atoms with Gasteiger partial charge < -0.3 is 10.1 Å². The van der Waals surface area contributed by atoms with Gasteiger partial charge in [-0.2, -0.15) is 23.4 Å². The monoisotopic (exact) mass is 371 g/mol. The summed E-state index contributed by atoms with van der Waals surface area (Å²) in [6, 6.07) is 0.928. The van der Waals surface area contributed by atoms with Gasteiger partial charge >= 0.3 is 6.18 Å². The molecule has 0 saturated carbocycles. The number of nitrogens with one attached hydrogen (secondary N) is 1. The van der Waals surface area contributed by atoms with Gasteiger partial charge in [0.25, 0.3) is 5.91 Å². The molecule has 0 spiro atoms. The third kappa shape index (κ3) is 3.33.